The van der Waals surface area contributed by atoms with Crippen molar-refractivity contribution in [3.05, 3.63) is 24.3 Å². The predicted molar refractivity (Wildman–Crippen MR) is 91.4 cm³/mol. The van der Waals surface area contributed by atoms with Crippen molar-refractivity contribution >= 4 is 16.7 Å². The summed E-state index contributed by atoms with van der Waals surface area (Å²) in [5, 5.41) is 3.20. The SMILES string of the molecule is CC[S@@](=O)[C@H]1CCC[C@H](NC(=O)COc2ccccc2OC)C1. The molecule has 1 aromatic rings. The Morgan fingerprint density at radius 1 is 1.30 bits per heavy atom. The molecule has 1 fully saturated rings. The molecule has 1 amide bonds. The maximum Gasteiger partial charge on any atom is 0.258 e. The van der Waals surface area contributed by atoms with Crippen LogP contribution in [0, 0.1) is 0 Å². The number of carbonyl (C=O) groups excluding carboxylic acids is 1. The Morgan fingerprint density at radius 3 is 2.74 bits per heavy atom. The monoisotopic (exact) mass is 339 g/mol. The molecule has 5 nitrogen and oxygen atoms in total. The van der Waals surface area contributed by atoms with Gasteiger partial charge in [-0.1, -0.05) is 25.5 Å². The van der Waals surface area contributed by atoms with Gasteiger partial charge in [0, 0.05) is 27.8 Å². The van der Waals surface area contributed by atoms with E-state index in [2.05, 4.69) is 5.32 Å². The van der Waals surface area contributed by atoms with Crippen LogP contribution in [0.15, 0.2) is 24.3 Å². The molecule has 0 saturated heterocycles. The third kappa shape index (κ3) is 5.23. The number of rotatable bonds is 7. The first kappa shape index (κ1) is 17.8. The summed E-state index contributed by atoms with van der Waals surface area (Å²) in [4.78, 5) is 12.1. The average molecular weight is 339 g/mol. The number of amides is 1. The minimum Gasteiger partial charge on any atom is -0.493 e. The average Bonchev–Trinajstić information content (AvgIpc) is 2.59. The van der Waals surface area contributed by atoms with Gasteiger partial charge >= 0.3 is 0 Å². The fourth-order valence-corrected chi connectivity index (χ4v) is 4.25. The zero-order chi connectivity index (χ0) is 16.7. The lowest BCUT2D eigenvalue weighted by Crippen LogP contribution is -2.42. The van der Waals surface area contributed by atoms with Crippen molar-refractivity contribution in [2.75, 3.05) is 19.5 Å². The van der Waals surface area contributed by atoms with E-state index in [1.807, 2.05) is 19.1 Å². The Labute approximate surface area is 140 Å². The van der Waals surface area contributed by atoms with Crippen molar-refractivity contribution in [1.82, 2.24) is 5.32 Å². The summed E-state index contributed by atoms with van der Waals surface area (Å²) in [7, 11) is 0.782. The van der Waals surface area contributed by atoms with Crippen molar-refractivity contribution in [1.29, 1.82) is 0 Å². The molecule has 0 radical (unpaired) electrons. The van der Waals surface area contributed by atoms with E-state index in [4.69, 9.17) is 9.47 Å². The highest BCUT2D eigenvalue weighted by molar-refractivity contribution is 7.85. The molecular weight excluding hydrogens is 314 g/mol. The Bertz CT molecular complexity index is 549. The van der Waals surface area contributed by atoms with Crippen LogP contribution in [0.2, 0.25) is 0 Å². The Balaban J connectivity index is 1.81. The standard InChI is InChI=1S/C17H25NO4S/c1-3-23(20)14-8-6-7-13(11-14)18-17(19)12-22-16-10-5-4-9-15(16)21-2/h4-5,9-10,13-14H,3,6-8,11-12H2,1-2H3,(H,18,19)/t13-,14-,23+/m0/s1. The number of para-hydroxylation sites is 2. The number of benzene rings is 1. The Kier molecular flexibility index (Phi) is 6.89. The van der Waals surface area contributed by atoms with Crippen molar-refractivity contribution < 1.29 is 18.5 Å². The van der Waals surface area contributed by atoms with Crippen LogP contribution in [0.1, 0.15) is 32.6 Å². The van der Waals surface area contributed by atoms with Crippen LogP contribution in [-0.4, -0.2) is 40.9 Å². The zero-order valence-electron chi connectivity index (χ0n) is 13.7. The highest BCUT2D eigenvalue weighted by Gasteiger charge is 2.26. The van der Waals surface area contributed by atoms with Gasteiger partial charge in [0.25, 0.3) is 5.91 Å². The molecule has 23 heavy (non-hydrogen) atoms. The summed E-state index contributed by atoms with van der Waals surface area (Å²) in [6.45, 7) is 1.90. The van der Waals surface area contributed by atoms with Crippen LogP contribution in [0.4, 0.5) is 0 Å². The lowest BCUT2D eigenvalue weighted by molar-refractivity contribution is -0.124. The number of hydrogen-bond donors (Lipinski definition) is 1. The molecule has 6 heteroatoms. The topological polar surface area (TPSA) is 64.6 Å². The largest absolute Gasteiger partial charge is 0.493 e. The second-order valence-electron chi connectivity index (χ2n) is 5.66. The molecule has 1 aromatic carbocycles. The van der Waals surface area contributed by atoms with Crippen LogP contribution in [0.5, 0.6) is 11.5 Å². The molecule has 3 atom stereocenters. The first-order valence-corrected chi connectivity index (χ1v) is 9.44. The number of nitrogens with one attached hydrogen (secondary N) is 1. The predicted octanol–water partition coefficient (Wildman–Crippen LogP) is 2.27. The number of hydrogen-bond acceptors (Lipinski definition) is 4. The normalized spacial score (nSPS) is 22.2. The van der Waals surface area contributed by atoms with Gasteiger partial charge < -0.3 is 14.8 Å². The van der Waals surface area contributed by atoms with E-state index in [9.17, 15) is 9.00 Å². The molecule has 0 aromatic heterocycles. The van der Waals surface area contributed by atoms with Crippen molar-refractivity contribution in [2.45, 2.75) is 43.9 Å². The van der Waals surface area contributed by atoms with E-state index in [1.165, 1.54) is 0 Å². The van der Waals surface area contributed by atoms with E-state index >= 15 is 0 Å². The second kappa shape index (κ2) is 8.91. The fourth-order valence-electron chi connectivity index (χ4n) is 2.90. The smallest absolute Gasteiger partial charge is 0.258 e. The van der Waals surface area contributed by atoms with Gasteiger partial charge in [-0.3, -0.25) is 9.00 Å². The summed E-state index contributed by atoms with van der Waals surface area (Å²) in [5.74, 6) is 1.70. The summed E-state index contributed by atoms with van der Waals surface area (Å²) in [6.07, 6.45) is 3.73. The first-order chi connectivity index (χ1) is 11.1. The molecule has 0 unspecified atom stereocenters. The summed E-state index contributed by atoms with van der Waals surface area (Å²) in [6, 6.07) is 7.34. The van der Waals surface area contributed by atoms with E-state index in [-0.39, 0.29) is 23.8 Å². The lowest BCUT2D eigenvalue weighted by atomic mass is 9.95. The van der Waals surface area contributed by atoms with E-state index in [0.717, 1.165) is 25.7 Å². The van der Waals surface area contributed by atoms with E-state index in [1.54, 1.807) is 19.2 Å². The lowest BCUT2D eigenvalue weighted by Gasteiger charge is -2.29. The van der Waals surface area contributed by atoms with Crippen LogP contribution in [-0.2, 0) is 15.6 Å². The minimum atomic E-state index is -0.786. The quantitative estimate of drug-likeness (QED) is 0.828. The van der Waals surface area contributed by atoms with Crippen LogP contribution >= 0.6 is 0 Å². The second-order valence-corrected chi connectivity index (χ2v) is 7.67. The number of methoxy groups -OCH3 is 1. The van der Waals surface area contributed by atoms with Crippen molar-refractivity contribution in [2.24, 2.45) is 0 Å². The van der Waals surface area contributed by atoms with E-state index in [0.29, 0.717) is 17.3 Å². The van der Waals surface area contributed by atoms with Gasteiger partial charge in [-0.25, -0.2) is 0 Å². The molecule has 2 rings (SSSR count). The van der Waals surface area contributed by atoms with Gasteiger partial charge in [0.15, 0.2) is 18.1 Å². The first-order valence-electron chi connectivity index (χ1n) is 8.06. The summed E-state index contributed by atoms with van der Waals surface area (Å²) in [5.41, 5.74) is 0. The number of ether oxygens (including phenoxy) is 2. The van der Waals surface area contributed by atoms with Gasteiger partial charge in [-0.15, -0.1) is 0 Å². The Morgan fingerprint density at radius 2 is 2.04 bits per heavy atom. The molecular formula is C17H25NO4S. The van der Waals surface area contributed by atoms with E-state index < -0.39 is 10.8 Å². The minimum absolute atomic E-state index is 0.0432. The third-order valence-corrected chi connectivity index (χ3v) is 5.82. The molecule has 0 spiro atoms. The maximum atomic E-state index is 12.1. The van der Waals surface area contributed by atoms with Gasteiger partial charge in [0.05, 0.1) is 7.11 Å². The third-order valence-electron chi connectivity index (χ3n) is 4.08. The van der Waals surface area contributed by atoms with Gasteiger partial charge in [0.2, 0.25) is 0 Å². The van der Waals surface area contributed by atoms with Gasteiger partial charge in [0.1, 0.15) is 0 Å². The molecule has 1 aliphatic carbocycles. The number of carbonyl (C=O) groups is 1. The van der Waals surface area contributed by atoms with Gasteiger partial charge in [-0.2, -0.15) is 0 Å². The Hall–Kier alpha value is -1.56. The molecule has 0 aliphatic heterocycles. The van der Waals surface area contributed by atoms with Crippen LogP contribution in [0.3, 0.4) is 0 Å². The van der Waals surface area contributed by atoms with Crippen molar-refractivity contribution in [3.63, 3.8) is 0 Å². The maximum absolute atomic E-state index is 12.1. The highest BCUT2D eigenvalue weighted by Crippen LogP contribution is 2.26. The molecule has 128 valence electrons. The molecule has 0 heterocycles. The van der Waals surface area contributed by atoms with Gasteiger partial charge in [-0.05, 0) is 31.4 Å². The molecule has 0 bridgehead atoms. The van der Waals surface area contributed by atoms with Crippen molar-refractivity contribution in [3.8, 4) is 11.5 Å². The summed E-state index contributed by atoms with van der Waals surface area (Å²) >= 11 is 0. The fraction of sp³-hybridized carbons (Fsp3) is 0.588. The highest BCUT2D eigenvalue weighted by atomic mass is 32.2. The zero-order valence-corrected chi connectivity index (χ0v) is 14.6. The van der Waals surface area contributed by atoms with Crippen LogP contribution < -0.4 is 14.8 Å². The summed E-state index contributed by atoms with van der Waals surface area (Å²) < 4.78 is 22.7. The molecule has 1 saturated carbocycles. The van der Waals surface area contributed by atoms with Crippen LogP contribution in [0.25, 0.3) is 0 Å². The molecule has 1 N–H and O–H groups in total. The molecule has 1 aliphatic rings.